The number of Topliss-reactive ketones (excluding diaryl/α,β-unsaturated/α-hetero) is 1. The Bertz CT molecular complexity index is 1080. The van der Waals surface area contributed by atoms with Gasteiger partial charge in [0.1, 0.15) is 0 Å². The zero-order valence-electron chi connectivity index (χ0n) is 12.7. The summed E-state index contributed by atoms with van der Waals surface area (Å²) in [4.78, 5) is 27.8. The van der Waals surface area contributed by atoms with E-state index in [0.717, 1.165) is 14.5 Å². The number of aromatic amines is 2. The first kappa shape index (κ1) is 17.4. The number of hydrogen-bond acceptors (Lipinski definition) is 2. The summed E-state index contributed by atoms with van der Waals surface area (Å²) in [7, 11) is 0. The maximum atomic E-state index is 11.3. The number of carboxylic acids is 1. The van der Waals surface area contributed by atoms with Crippen LogP contribution >= 0.6 is 31.9 Å². The van der Waals surface area contributed by atoms with Crippen LogP contribution in [0.25, 0.3) is 21.8 Å². The number of fused-ring (bicyclic) bond motifs is 2. The maximum Gasteiger partial charge on any atom is 0.377 e. The largest absolute Gasteiger partial charge is 0.475 e. The molecule has 0 saturated carbocycles. The summed E-state index contributed by atoms with van der Waals surface area (Å²) in [5.41, 5.74) is 2.10. The number of carbonyl (C=O) groups excluding carboxylic acids is 1. The third-order valence-corrected chi connectivity index (χ3v) is 4.58. The molecule has 0 unspecified atom stereocenters. The molecule has 4 rings (SSSR count). The molecular weight excluding hydrogens is 452 g/mol. The second kappa shape index (κ2) is 7.25. The molecule has 0 amide bonds. The molecule has 0 saturated heterocycles. The van der Waals surface area contributed by atoms with E-state index in [0.29, 0.717) is 5.39 Å². The molecule has 2 aromatic heterocycles. The average molecular weight is 464 g/mol. The van der Waals surface area contributed by atoms with Crippen molar-refractivity contribution in [3.05, 3.63) is 69.4 Å². The molecule has 2 aromatic carbocycles. The third-order valence-electron chi connectivity index (χ3n) is 3.60. The Hall–Kier alpha value is -2.38. The normalized spacial score (nSPS) is 10.5. The number of aromatic nitrogens is 2. The molecule has 0 bridgehead atoms. The lowest BCUT2D eigenvalue weighted by molar-refractivity contribution is -0.131. The van der Waals surface area contributed by atoms with Crippen molar-refractivity contribution < 1.29 is 14.7 Å². The highest BCUT2D eigenvalue weighted by Gasteiger charge is 2.18. The fraction of sp³-hybridized carbons (Fsp3) is 0. The van der Waals surface area contributed by atoms with Crippen LogP contribution in [0.1, 0.15) is 10.4 Å². The van der Waals surface area contributed by atoms with Crippen LogP contribution in [0.5, 0.6) is 0 Å². The van der Waals surface area contributed by atoms with Crippen LogP contribution in [0.15, 0.2) is 63.8 Å². The van der Waals surface area contributed by atoms with Crippen molar-refractivity contribution in [1.29, 1.82) is 0 Å². The SMILES string of the molecule is Brc1ccc2[nH]ccc2c1.O=C(O)C(=O)c1c[nH]c2ccc(Br)cc12. The fourth-order valence-electron chi connectivity index (χ4n) is 2.42. The molecule has 4 aromatic rings. The lowest BCUT2D eigenvalue weighted by atomic mass is 10.1. The summed E-state index contributed by atoms with van der Waals surface area (Å²) >= 11 is 6.67. The number of hydrogen-bond donors (Lipinski definition) is 3. The molecule has 5 nitrogen and oxygen atoms in total. The van der Waals surface area contributed by atoms with Crippen LogP contribution in [0, 0.1) is 0 Å². The van der Waals surface area contributed by atoms with E-state index in [1.807, 2.05) is 18.3 Å². The minimum Gasteiger partial charge on any atom is -0.475 e. The van der Waals surface area contributed by atoms with Crippen molar-refractivity contribution >= 4 is 65.4 Å². The van der Waals surface area contributed by atoms with E-state index >= 15 is 0 Å². The number of rotatable bonds is 2. The molecule has 0 aliphatic heterocycles. The molecule has 0 fully saturated rings. The quantitative estimate of drug-likeness (QED) is 0.284. The molecule has 0 aliphatic rings. The molecule has 7 heteroatoms. The van der Waals surface area contributed by atoms with Crippen LogP contribution in [0.2, 0.25) is 0 Å². The molecule has 0 atom stereocenters. The van der Waals surface area contributed by atoms with Gasteiger partial charge in [-0.1, -0.05) is 31.9 Å². The highest BCUT2D eigenvalue weighted by Crippen LogP contribution is 2.23. The van der Waals surface area contributed by atoms with Gasteiger partial charge in [0, 0.05) is 43.1 Å². The highest BCUT2D eigenvalue weighted by molar-refractivity contribution is 9.10. The number of benzene rings is 2. The Kier molecular flexibility index (Phi) is 5.06. The topological polar surface area (TPSA) is 85.9 Å². The fourth-order valence-corrected chi connectivity index (χ4v) is 3.16. The lowest BCUT2D eigenvalue weighted by Crippen LogP contribution is -2.11. The van der Waals surface area contributed by atoms with Gasteiger partial charge < -0.3 is 15.1 Å². The maximum absolute atomic E-state index is 11.3. The minimum atomic E-state index is -1.45. The summed E-state index contributed by atoms with van der Waals surface area (Å²) in [5, 5.41) is 10.5. The number of halogens is 2. The van der Waals surface area contributed by atoms with Gasteiger partial charge in [-0.15, -0.1) is 0 Å². The van der Waals surface area contributed by atoms with E-state index < -0.39 is 11.8 Å². The van der Waals surface area contributed by atoms with Crippen LogP contribution in [0.4, 0.5) is 0 Å². The number of aliphatic carboxylic acids is 1. The number of H-pyrrole nitrogens is 2. The van der Waals surface area contributed by atoms with Crippen molar-refractivity contribution in [3.8, 4) is 0 Å². The molecule has 0 aliphatic carbocycles. The first-order valence-electron chi connectivity index (χ1n) is 7.22. The van der Waals surface area contributed by atoms with E-state index in [1.165, 1.54) is 17.1 Å². The second-order valence-electron chi connectivity index (χ2n) is 5.24. The van der Waals surface area contributed by atoms with Gasteiger partial charge in [0.2, 0.25) is 0 Å². The molecule has 0 spiro atoms. The van der Waals surface area contributed by atoms with Gasteiger partial charge in [-0.05, 0) is 42.5 Å². The van der Waals surface area contributed by atoms with Crippen LogP contribution in [-0.2, 0) is 4.79 Å². The predicted molar refractivity (Wildman–Crippen MR) is 104 cm³/mol. The number of ketones is 1. The third kappa shape index (κ3) is 3.83. The summed E-state index contributed by atoms with van der Waals surface area (Å²) < 4.78 is 1.92. The van der Waals surface area contributed by atoms with Crippen LogP contribution < -0.4 is 0 Å². The zero-order valence-corrected chi connectivity index (χ0v) is 15.9. The van der Waals surface area contributed by atoms with Gasteiger partial charge in [-0.25, -0.2) is 4.79 Å². The summed E-state index contributed by atoms with van der Waals surface area (Å²) in [6, 6.07) is 13.5. The van der Waals surface area contributed by atoms with Crippen molar-refractivity contribution in [1.82, 2.24) is 9.97 Å². The number of carboxylic acid groups (broad SMARTS) is 1. The number of carbonyl (C=O) groups is 2. The predicted octanol–water partition coefficient (Wildman–Crippen LogP) is 5.13. The Balaban J connectivity index is 0.000000157. The van der Waals surface area contributed by atoms with Crippen molar-refractivity contribution in [2.24, 2.45) is 0 Å². The highest BCUT2D eigenvalue weighted by atomic mass is 79.9. The standard InChI is InChI=1S/C10H6BrNO3.C8H6BrN/c11-5-1-2-8-6(3-5)7(4-12-8)9(13)10(14)15;9-7-1-2-8-6(5-7)3-4-10-8/h1-4,12H,(H,14,15);1-5,10H. The van der Waals surface area contributed by atoms with Gasteiger partial charge >= 0.3 is 5.97 Å². The van der Waals surface area contributed by atoms with E-state index in [-0.39, 0.29) is 5.56 Å². The van der Waals surface area contributed by atoms with Gasteiger partial charge in [-0.2, -0.15) is 0 Å². The van der Waals surface area contributed by atoms with Crippen molar-refractivity contribution in [2.45, 2.75) is 0 Å². The second-order valence-corrected chi connectivity index (χ2v) is 7.07. The molecule has 126 valence electrons. The van der Waals surface area contributed by atoms with Gasteiger partial charge in [0.25, 0.3) is 5.78 Å². The zero-order chi connectivity index (χ0) is 18.0. The smallest absolute Gasteiger partial charge is 0.377 e. The summed E-state index contributed by atoms with van der Waals surface area (Å²) in [6.07, 6.45) is 3.35. The molecule has 0 radical (unpaired) electrons. The number of nitrogens with one attached hydrogen (secondary N) is 2. The Morgan fingerprint density at radius 2 is 1.56 bits per heavy atom. The van der Waals surface area contributed by atoms with E-state index in [1.54, 1.807) is 12.1 Å². The minimum absolute atomic E-state index is 0.179. The molecular formula is C18H12Br2N2O3. The lowest BCUT2D eigenvalue weighted by Gasteiger charge is -1.94. The Morgan fingerprint density at radius 1 is 0.880 bits per heavy atom. The van der Waals surface area contributed by atoms with Crippen LogP contribution in [0.3, 0.4) is 0 Å². The summed E-state index contributed by atoms with van der Waals surface area (Å²) in [5.74, 6) is -2.35. The average Bonchev–Trinajstić information content (AvgIpc) is 3.20. The Labute approximate surface area is 159 Å². The first-order chi connectivity index (χ1) is 12.0. The van der Waals surface area contributed by atoms with Crippen molar-refractivity contribution in [2.75, 3.05) is 0 Å². The Morgan fingerprint density at radius 3 is 2.28 bits per heavy atom. The molecule has 2 heterocycles. The van der Waals surface area contributed by atoms with E-state index in [9.17, 15) is 9.59 Å². The van der Waals surface area contributed by atoms with Gasteiger partial charge in [0.15, 0.2) is 0 Å². The molecule has 3 N–H and O–H groups in total. The van der Waals surface area contributed by atoms with Crippen molar-refractivity contribution in [3.63, 3.8) is 0 Å². The monoisotopic (exact) mass is 462 g/mol. The van der Waals surface area contributed by atoms with Crippen LogP contribution in [-0.4, -0.2) is 26.8 Å². The molecule has 25 heavy (non-hydrogen) atoms. The van der Waals surface area contributed by atoms with Gasteiger partial charge in [-0.3, -0.25) is 4.79 Å². The van der Waals surface area contributed by atoms with Gasteiger partial charge in [0.05, 0.1) is 5.56 Å². The van der Waals surface area contributed by atoms with E-state index in [4.69, 9.17) is 5.11 Å². The van der Waals surface area contributed by atoms with E-state index in [2.05, 4.69) is 60.0 Å². The first-order valence-corrected chi connectivity index (χ1v) is 8.81. The summed E-state index contributed by atoms with van der Waals surface area (Å²) in [6.45, 7) is 0.